The molecule has 1 aliphatic carbocycles. The predicted octanol–water partition coefficient (Wildman–Crippen LogP) is 3.85. The maximum absolute atomic E-state index is 10.4. The second-order valence-corrected chi connectivity index (χ2v) is 4.85. The van der Waals surface area contributed by atoms with Crippen molar-refractivity contribution in [3.05, 3.63) is 70.8 Å². The van der Waals surface area contributed by atoms with Crippen LogP contribution in [0.3, 0.4) is 0 Å². The van der Waals surface area contributed by atoms with Crippen molar-refractivity contribution in [1.29, 1.82) is 0 Å². The Morgan fingerprint density at radius 3 is 2.58 bits per heavy atom. The summed E-state index contributed by atoms with van der Waals surface area (Å²) in [6.45, 7) is 0. The van der Waals surface area contributed by atoms with Crippen LogP contribution in [-0.2, 0) is 0 Å². The van der Waals surface area contributed by atoms with Crippen molar-refractivity contribution in [2.75, 3.05) is 0 Å². The first kappa shape index (κ1) is 12.3. The Morgan fingerprint density at radius 1 is 1.00 bits per heavy atom. The molecular weight excluding hydrogens is 260 g/mol. The van der Waals surface area contributed by atoms with E-state index in [1.165, 1.54) is 0 Å². The third-order valence-corrected chi connectivity index (χ3v) is 3.50. The molecule has 0 saturated heterocycles. The average molecular weight is 273 g/mol. The van der Waals surface area contributed by atoms with Gasteiger partial charge in [-0.1, -0.05) is 54.1 Å². The van der Waals surface area contributed by atoms with E-state index in [-0.39, 0.29) is 0 Å². The largest absolute Gasteiger partial charge is 0.482 e. The van der Waals surface area contributed by atoms with E-state index in [0.29, 0.717) is 10.8 Å². The summed E-state index contributed by atoms with van der Waals surface area (Å²) in [7, 11) is 0. The number of rotatable bonds is 2. The number of hydrogen-bond acceptors (Lipinski definition) is 2. The van der Waals surface area contributed by atoms with Gasteiger partial charge in [0.2, 0.25) is 0 Å². The van der Waals surface area contributed by atoms with Crippen molar-refractivity contribution in [3.8, 4) is 5.75 Å². The molecule has 0 saturated carbocycles. The zero-order valence-electron chi connectivity index (χ0n) is 10.2. The van der Waals surface area contributed by atoms with Crippen LogP contribution in [0, 0.1) is 0 Å². The van der Waals surface area contributed by atoms with Gasteiger partial charge >= 0.3 is 0 Å². The van der Waals surface area contributed by atoms with Crippen LogP contribution in [0.25, 0.3) is 6.08 Å². The molecule has 0 spiro atoms. The molecule has 0 aliphatic heterocycles. The lowest BCUT2D eigenvalue weighted by Crippen LogP contribution is -2.26. The van der Waals surface area contributed by atoms with Gasteiger partial charge < -0.3 is 9.84 Å². The zero-order chi connectivity index (χ0) is 13.2. The van der Waals surface area contributed by atoms with Gasteiger partial charge in [0.25, 0.3) is 0 Å². The van der Waals surface area contributed by atoms with Crippen molar-refractivity contribution >= 4 is 17.7 Å². The Labute approximate surface area is 116 Å². The first-order valence-corrected chi connectivity index (χ1v) is 6.50. The fraction of sp³-hybridized carbons (Fsp3) is 0.125. The highest BCUT2D eigenvalue weighted by molar-refractivity contribution is 6.32. The molecule has 0 radical (unpaired) electrons. The average Bonchev–Trinajstić information content (AvgIpc) is 2.44. The van der Waals surface area contributed by atoms with Crippen LogP contribution >= 0.6 is 11.6 Å². The number of benzene rings is 2. The lowest BCUT2D eigenvalue weighted by molar-refractivity contribution is 0.0624. The molecule has 96 valence electrons. The lowest BCUT2D eigenvalue weighted by Gasteiger charge is -2.26. The maximum atomic E-state index is 10.4. The van der Waals surface area contributed by atoms with Crippen LogP contribution in [0.15, 0.2) is 54.6 Å². The summed E-state index contributed by atoms with van der Waals surface area (Å²) >= 11 is 6.06. The van der Waals surface area contributed by atoms with Gasteiger partial charge in [-0.2, -0.15) is 0 Å². The summed E-state index contributed by atoms with van der Waals surface area (Å²) in [5, 5.41) is 10.9. The predicted molar refractivity (Wildman–Crippen MR) is 76.3 cm³/mol. The molecule has 19 heavy (non-hydrogen) atoms. The molecule has 0 unspecified atom stereocenters. The van der Waals surface area contributed by atoms with Crippen molar-refractivity contribution in [3.63, 3.8) is 0 Å². The van der Waals surface area contributed by atoms with Gasteiger partial charge in [0.15, 0.2) is 0 Å². The van der Waals surface area contributed by atoms with Crippen molar-refractivity contribution in [2.24, 2.45) is 0 Å². The monoisotopic (exact) mass is 272 g/mol. The van der Waals surface area contributed by atoms with E-state index in [2.05, 4.69) is 0 Å². The molecule has 3 rings (SSSR count). The van der Waals surface area contributed by atoms with Crippen LogP contribution < -0.4 is 4.74 Å². The fourth-order valence-corrected chi connectivity index (χ4v) is 2.38. The zero-order valence-corrected chi connectivity index (χ0v) is 10.9. The Kier molecular flexibility index (Phi) is 3.28. The molecule has 0 aromatic heterocycles. The van der Waals surface area contributed by atoms with Crippen molar-refractivity contribution in [1.82, 2.24) is 0 Å². The van der Waals surface area contributed by atoms with E-state index in [0.717, 1.165) is 11.1 Å². The van der Waals surface area contributed by atoms with Gasteiger partial charge in [-0.05, 0) is 29.3 Å². The molecule has 2 atom stereocenters. The molecule has 2 nitrogen and oxygen atoms in total. The van der Waals surface area contributed by atoms with Crippen LogP contribution in [0.4, 0.5) is 0 Å². The molecule has 2 aromatic carbocycles. The van der Waals surface area contributed by atoms with Crippen LogP contribution in [0.5, 0.6) is 5.75 Å². The van der Waals surface area contributed by atoms with E-state index >= 15 is 0 Å². The normalized spacial score (nSPS) is 20.9. The highest BCUT2D eigenvalue weighted by atomic mass is 35.5. The van der Waals surface area contributed by atoms with Crippen molar-refractivity contribution in [2.45, 2.75) is 12.2 Å². The fourth-order valence-electron chi connectivity index (χ4n) is 2.20. The highest BCUT2D eigenvalue weighted by Crippen LogP contribution is 2.32. The van der Waals surface area contributed by atoms with Crippen LogP contribution in [0.1, 0.15) is 17.2 Å². The Bertz CT molecular complexity index is 622. The van der Waals surface area contributed by atoms with E-state index in [1.807, 2.05) is 48.6 Å². The quantitative estimate of drug-likeness (QED) is 0.900. The molecule has 2 aromatic rings. The number of hydrogen-bond donors (Lipinski definition) is 1. The molecule has 0 amide bonds. The summed E-state index contributed by atoms with van der Waals surface area (Å²) in [4.78, 5) is 0. The minimum atomic E-state index is -0.683. The Balaban J connectivity index is 1.87. The van der Waals surface area contributed by atoms with Gasteiger partial charge in [0.1, 0.15) is 18.0 Å². The number of aliphatic hydroxyl groups excluding tert-OH is 1. The summed E-state index contributed by atoms with van der Waals surface area (Å²) in [5.74, 6) is 0.581. The van der Waals surface area contributed by atoms with Crippen LogP contribution in [0.2, 0.25) is 5.02 Å². The van der Waals surface area contributed by atoms with E-state index in [9.17, 15) is 5.11 Å². The molecule has 1 N–H and O–H groups in total. The molecule has 0 heterocycles. The summed E-state index contributed by atoms with van der Waals surface area (Å²) < 4.78 is 5.79. The minimum absolute atomic E-state index is 0.421. The number of ether oxygens (including phenoxy) is 1. The van der Waals surface area contributed by atoms with Gasteiger partial charge in [-0.3, -0.25) is 0 Å². The summed E-state index contributed by atoms with van der Waals surface area (Å²) in [6, 6.07) is 15.0. The number of aliphatic hydroxyl groups is 1. The smallest absolute Gasteiger partial charge is 0.147 e. The van der Waals surface area contributed by atoms with Gasteiger partial charge in [0.05, 0.1) is 5.02 Å². The topological polar surface area (TPSA) is 29.5 Å². The van der Waals surface area contributed by atoms with E-state index in [4.69, 9.17) is 16.3 Å². The van der Waals surface area contributed by atoms with Gasteiger partial charge in [-0.15, -0.1) is 0 Å². The molecule has 1 aliphatic rings. The van der Waals surface area contributed by atoms with Gasteiger partial charge in [0, 0.05) is 0 Å². The lowest BCUT2D eigenvalue weighted by atomic mass is 9.93. The molecule has 0 fully saturated rings. The summed E-state index contributed by atoms with van der Waals surface area (Å²) in [5.41, 5.74) is 1.90. The number of halogens is 1. The minimum Gasteiger partial charge on any atom is -0.482 e. The SMILES string of the molecule is O[C@H]1c2ccccc2C=C[C@@H]1Oc1ccccc1Cl. The van der Waals surface area contributed by atoms with Crippen molar-refractivity contribution < 1.29 is 9.84 Å². The maximum Gasteiger partial charge on any atom is 0.147 e. The third-order valence-electron chi connectivity index (χ3n) is 3.19. The Hall–Kier alpha value is -1.77. The first-order valence-electron chi connectivity index (χ1n) is 6.12. The molecule has 3 heteroatoms. The van der Waals surface area contributed by atoms with E-state index in [1.54, 1.807) is 12.1 Å². The third kappa shape index (κ3) is 2.37. The summed E-state index contributed by atoms with van der Waals surface area (Å²) in [6.07, 6.45) is 2.71. The Morgan fingerprint density at radius 2 is 1.74 bits per heavy atom. The second kappa shape index (κ2) is 5.08. The number of para-hydroxylation sites is 1. The van der Waals surface area contributed by atoms with Crippen LogP contribution in [-0.4, -0.2) is 11.2 Å². The molecule has 0 bridgehead atoms. The molecular formula is C16H13ClO2. The number of fused-ring (bicyclic) bond motifs is 1. The van der Waals surface area contributed by atoms with Gasteiger partial charge in [-0.25, -0.2) is 0 Å². The van der Waals surface area contributed by atoms with E-state index < -0.39 is 12.2 Å². The standard InChI is InChI=1S/C16H13ClO2/c17-13-7-3-4-8-14(13)19-15-10-9-11-5-1-2-6-12(11)16(15)18/h1-10,15-16,18H/t15-,16-/m0/s1. The first-order chi connectivity index (χ1) is 9.25. The second-order valence-electron chi connectivity index (χ2n) is 4.45. The highest BCUT2D eigenvalue weighted by Gasteiger charge is 2.25.